The maximum Gasteiger partial charge on any atom is 0.255 e. The summed E-state index contributed by atoms with van der Waals surface area (Å²) in [7, 11) is 0. The molecule has 1 heterocycles. The molecule has 148 valence electrons. The quantitative estimate of drug-likeness (QED) is 0.561. The molecule has 3 aromatic rings. The number of para-hydroxylation sites is 1. The summed E-state index contributed by atoms with van der Waals surface area (Å²) in [6.45, 7) is 7.86. The molecule has 0 fully saturated rings. The molecule has 1 amide bonds. The van der Waals surface area contributed by atoms with E-state index in [0.717, 1.165) is 16.9 Å². The summed E-state index contributed by atoms with van der Waals surface area (Å²) in [5.74, 6) is 0.319. The number of anilines is 3. The van der Waals surface area contributed by atoms with Crippen molar-refractivity contribution in [3.8, 4) is 0 Å². The van der Waals surface area contributed by atoms with Gasteiger partial charge in [0.05, 0.1) is 0 Å². The van der Waals surface area contributed by atoms with Gasteiger partial charge in [0.25, 0.3) is 5.91 Å². The minimum Gasteiger partial charge on any atom is -0.340 e. The first kappa shape index (κ1) is 20.3. The van der Waals surface area contributed by atoms with Crippen molar-refractivity contribution >= 4 is 28.9 Å². The zero-order valence-electron chi connectivity index (χ0n) is 17.1. The van der Waals surface area contributed by atoms with Crippen LogP contribution in [0.25, 0.3) is 0 Å². The van der Waals surface area contributed by atoms with Crippen LogP contribution in [-0.4, -0.2) is 16.7 Å². The van der Waals surface area contributed by atoms with Gasteiger partial charge in [0.2, 0.25) is 0 Å². The number of pyridine rings is 1. The molecule has 1 aromatic heterocycles. The lowest BCUT2D eigenvalue weighted by Gasteiger charge is -2.23. The Hall–Kier alpha value is -3.47. The molecular formula is C24H25N3O2. The van der Waals surface area contributed by atoms with E-state index in [4.69, 9.17) is 0 Å². The van der Waals surface area contributed by atoms with Crippen molar-refractivity contribution in [1.82, 2.24) is 4.98 Å². The van der Waals surface area contributed by atoms with Gasteiger partial charge in [-0.3, -0.25) is 9.59 Å². The Balaban J connectivity index is 1.81. The Labute approximate surface area is 171 Å². The van der Waals surface area contributed by atoms with Gasteiger partial charge >= 0.3 is 0 Å². The molecule has 0 saturated carbocycles. The molecule has 2 N–H and O–H groups in total. The summed E-state index contributed by atoms with van der Waals surface area (Å²) in [5.41, 5.74) is 3.63. The summed E-state index contributed by atoms with van der Waals surface area (Å²) in [6.07, 6.45) is 1.59. The zero-order chi connectivity index (χ0) is 21.0. The van der Waals surface area contributed by atoms with Crippen LogP contribution in [0, 0.1) is 0 Å². The largest absolute Gasteiger partial charge is 0.340 e. The minimum absolute atomic E-state index is 0.00717. The fourth-order valence-electron chi connectivity index (χ4n) is 3.04. The van der Waals surface area contributed by atoms with E-state index >= 15 is 0 Å². The van der Waals surface area contributed by atoms with Crippen molar-refractivity contribution in [2.24, 2.45) is 0 Å². The number of aromatic nitrogens is 1. The normalized spacial score (nSPS) is 11.0. The van der Waals surface area contributed by atoms with Crippen molar-refractivity contribution in [1.29, 1.82) is 0 Å². The molecule has 5 nitrogen and oxygen atoms in total. The molecule has 0 atom stereocenters. The van der Waals surface area contributed by atoms with Gasteiger partial charge in [0, 0.05) is 28.7 Å². The highest BCUT2D eigenvalue weighted by Gasteiger charge is 2.19. The Kier molecular flexibility index (Phi) is 5.78. The van der Waals surface area contributed by atoms with E-state index in [1.54, 1.807) is 36.5 Å². The summed E-state index contributed by atoms with van der Waals surface area (Å²) >= 11 is 0. The number of rotatable bonds is 5. The first-order valence-corrected chi connectivity index (χ1v) is 9.49. The number of carbonyl (C=O) groups excluding carboxylic acids is 2. The Morgan fingerprint density at radius 1 is 0.897 bits per heavy atom. The predicted octanol–water partition coefficient (Wildman–Crippen LogP) is 5.58. The smallest absolute Gasteiger partial charge is 0.255 e. The van der Waals surface area contributed by atoms with Gasteiger partial charge in [-0.25, -0.2) is 4.98 Å². The number of nitrogens with zero attached hydrogens (tertiary/aromatic N) is 1. The van der Waals surface area contributed by atoms with Crippen LogP contribution in [0.15, 0.2) is 66.9 Å². The first-order chi connectivity index (χ1) is 13.7. The van der Waals surface area contributed by atoms with E-state index < -0.39 is 0 Å². The highest BCUT2D eigenvalue weighted by Crippen LogP contribution is 2.29. The molecule has 0 saturated heterocycles. The maximum absolute atomic E-state index is 12.8. The number of amides is 1. The number of benzene rings is 2. The monoisotopic (exact) mass is 387 g/mol. The highest BCUT2D eigenvalue weighted by molar-refractivity contribution is 6.05. The second-order valence-electron chi connectivity index (χ2n) is 7.94. The third-order valence-electron chi connectivity index (χ3n) is 4.55. The van der Waals surface area contributed by atoms with Crippen molar-refractivity contribution in [2.45, 2.75) is 33.1 Å². The molecule has 2 aromatic carbocycles. The number of hydrogen-bond acceptors (Lipinski definition) is 4. The number of ketones is 1. The van der Waals surface area contributed by atoms with Crippen LogP contribution < -0.4 is 10.6 Å². The summed E-state index contributed by atoms with van der Waals surface area (Å²) < 4.78 is 0. The third kappa shape index (κ3) is 5.08. The Morgan fingerprint density at radius 2 is 1.66 bits per heavy atom. The van der Waals surface area contributed by atoms with E-state index in [-0.39, 0.29) is 17.1 Å². The van der Waals surface area contributed by atoms with Crippen molar-refractivity contribution in [3.63, 3.8) is 0 Å². The van der Waals surface area contributed by atoms with E-state index in [1.807, 2.05) is 30.3 Å². The Bertz CT molecular complexity index is 1050. The van der Waals surface area contributed by atoms with Gasteiger partial charge in [-0.05, 0) is 48.2 Å². The SMILES string of the molecule is CC(=O)c1cccc(Nc2cc(C(=O)Nc3ccccc3C(C)(C)C)ccn2)c1. The maximum atomic E-state index is 12.8. The third-order valence-corrected chi connectivity index (χ3v) is 4.55. The standard InChI is InChI=1S/C24H25N3O2/c1-16(28)17-8-7-9-19(14-17)26-22-15-18(12-13-25-22)23(29)27-21-11-6-5-10-20(21)24(2,3)4/h5-15H,1-4H3,(H,25,26)(H,27,29). The molecule has 29 heavy (non-hydrogen) atoms. The average Bonchev–Trinajstić information content (AvgIpc) is 2.68. The van der Waals surface area contributed by atoms with Crippen LogP contribution in [0.2, 0.25) is 0 Å². The molecule has 0 radical (unpaired) electrons. The van der Waals surface area contributed by atoms with Crippen molar-refractivity contribution in [2.75, 3.05) is 10.6 Å². The van der Waals surface area contributed by atoms with Gasteiger partial charge in [-0.1, -0.05) is 51.1 Å². The average molecular weight is 387 g/mol. The molecule has 0 aliphatic carbocycles. The molecule has 3 rings (SSSR count). The second-order valence-corrected chi connectivity index (χ2v) is 7.94. The lowest BCUT2D eigenvalue weighted by Crippen LogP contribution is -2.18. The zero-order valence-corrected chi connectivity index (χ0v) is 17.1. The lowest BCUT2D eigenvalue weighted by atomic mass is 9.86. The van der Waals surface area contributed by atoms with Crippen LogP contribution in [0.5, 0.6) is 0 Å². The summed E-state index contributed by atoms with van der Waals surface area (Å²) in [5, 5.41) is 6.16. The van der Waals surface area contributed by atoms with Gasteiger partial charge < -0.3 is 10.6 Å². The number of Topliss-reactive ketones (excluding diaryl/α,β-unsaturated/α-hetero) is 1. The fraction of sp³-hybridized carbons (Fsp3) is 0.208. The molecule has 0 bridgehead atoms. The highest BCUT2D eigenvalue weighted by atomic mass is 16.1. The number of carbonyl (C=O) groups is 2. The second kappa shape index (κ2) is 8.27. The number of hydrogen-bond donors (Lipinski definition) is 2. The van der Waals surface area contributed by atoms with E-state index in [9.17, 15) is 9.59 Å². The summed E-state index contributed by atoms with van der Waals surface area (Å²) in [6, 6.07) is 18.4. The lowest BCUT2D eigenvalue weighted by molar-refractivity contribution is 0.101. The van der Waals surface area contributed by atoms with Gasteiger partial charge in [-0.15, -0.1) is 0 Å². The van der Waals surface area contributed by atoms with Gasteiger partial charge in [0.15, 0.2) is 5.78 Å². The predicted molar refractivity (Wildman–Crippen MR) is 117 cm³/mol. The van der Waals surface area contributed by atoms with Crippen molar-refractivity contribution in [3.05, 3.63) is 83.6 Å². The Morgan fingerprint density at radius 3 is 2.38 bits per heavy atom. The summed E-state index contributed by atoms with van der Waals surface area (Å²) in [4.78, 5) is 28.7. The molecule has 0 aliphatic heterocycles. The minimum atomic E-state index is -0.204. The molecule has 0 aliphatic rings. The van der Waals surface area contributed by atoms with E-state index in [0.29, 0.717) is 16.9 Å². The molecular weight excluding hydrogens is 362 g/mol. The molecule has 0 unspecified atom stereocenters. The van der Waals surface area contributed by atoms with Crippen LogP contribution >= 0.6 is 0 Å². The van der Waals surface area contributed by atoms with Crippen LogP contribution in [0.4, 0.5) is 17.2 Å². The first-order valence-electron chi connectivity index (χ1n) is 9.49. The van der Waals surface area contributed by atoms with Gasteiger partial charge in [-0.2, -0.15) is 0 Å². The molecule has 5 heteroatoms. The van der Waals surface area contributed by atoms with E-state index in [2.05, 4.69) is 36.4 Å². The van der Waals surface area contributed by atoms with Gasteiger partial charge in [0.1, 0.15) is 5.82 Å². The number of nitrogens with one attached hydrogen (secondary N) is 2. The fourth-order valence-corrected chi connectivity index (χ4v) is 3.04. The van der Waals surface area contributed by atoms with Crippen molar-refractivity contribution < 1.29 is 9.59 Å². The van der Waals surface area contributed by atoms with Crippen LogP contribution in [-0.2, 0) is 5.41 Å². The van der Waals surface area contributed by atoms with Crippen LogP contribution in [0.1, 0.15) is 54.0 Å². The topological polar surface area (TPSA) is 71.1 Å². The molecule has 0 spiro atoms. The van der Waals surface area contributed by atoms with Crippen LogP contribution in [0.3, 0.4) is 0 Å². The van der Waals surface area contributed by atoms with E-state index in [1.165, 1.54) is 6.92 Å².